The first-order valence-electron chi connectivity index (χ1n) is 17.5. The van der Waals surface area contributed by atoms with Crippen molar-refractivity contribution >= 4 is 73.6 Å². The number of anilines is 1. The molecule has 0 fully saturated rings. The topological polar surface area (TPSA) is 193 Å². The van der Waals surface area contributed by atoms with Crippen LogP contribution in [0.5, 0.6) is 0 Å². The molecule has 0 saturated heterocycles. The van der Waals surface area contributed by atoms with Crippen molar-refractivity contribution in [2.24, 2.45) is 16.6 Å². The molecular weight excluding hydrogens is 705 g/mol. The van der Waals surface area contributed by atoms with Gasteiger partial charge < -0.3 is 31.1 Å². The average molecular weight is 753 g/mol. The van der Waals surface area contributed by atoms with Gasteiger partial charge in [0.25, 0.3) is 0 Å². The number of carbonyl (C=O) groups is 5. The summed E-state index contributed by atoms with van der Waals surface area (Å²) in [6.45, 7) is 1.40. The summed E-state index contributed by atoms with van der Waals surface area (Å²) in [5.41, 5.74) is 7.82. The zero-order valence-electron chi connectivity index (χ0n) is 29.7. The van der Waals surface area contributed by atoms with Crippen molar-refractivity contribution in [2.45, 2.75) is 76.5 Å². The Labute approximate surface area is 312 Å². The Kier molecular flexibility index (Phi) is 16.2. The number of hydrogen-bond donors (Lipinski definition) is 4. The molecule has 15 heteroatoms. The van der Waals surface area contributed by atoms with Gasteiger partial charge in [0.2, 0.25) is 11.8 Å². The summed E-state index contributed by atoms with van der Waals surface area (Å²) in [5, 5.41) is 16.3. The Bertz CT molecular complexity index is 1710. The summed E-state index contributed by atoms with van der Waals surface area (Å²) < 4.78 is 6.10. The molecule has 52 heavy (non-hydrogen) atoms. The van der Waals surface area contributed by atoms with E-state index in [4.69, 9.17) is 10.5 Å². The molecule has 0 spiro atoms. The molecule has 0 unspecified atom stereocenters. The lowest BCUT2D eigenvalue weighted by Crippen LogP contribution is -2.42. The number of nitrogens with zero attached hydrogens (tertiary/aromatic N) is 3. The van der Waals surface area contributed by atoms with Gasteiger partial charge in [-0.05, 0) is 83.1 Å². The van der Waals surface area contributed by atoms with Gasteiger partial charge in [-0.15, -0.1) is 23.1 Å². The number of amides is 2. The number of aromatic nitrogens is 1. The quantitative estimate of drug-likeness (QED) is 0.0827. The molecular formula is C37H48N6O7S2. The van der Waals surface area contributed by atoms with Gasteiger partial charge in [-0.1, -0.05) is 36.8 Å². The van der Waals surface area contributed by atoms with Gasteiger partial charge in [-0.25, -0.2) is 9.78 Å². The standard InChI is InChI=1S/C37H48N6O7S2/c1-43(2)19-9-7-13-27(40-32(45)16-17-33(46)50-22-24-10-4-3-5-11-24)30(44)20-25(12-6-8-18-38)34(47)39-26-14-15-28-31(21-26)52-36(41-28)35-42-29(23-51-35)37(48)49/h3-5,10-11,14-15,21,25,27,29H,6-9,12-13,16-20,22-23,38H2,1-2H3,(H,39,47)(H,40,45)(H,48,49)/t25-,27+,29-/m1/s1. The summed E-state index contributed by atoms with van der Waals surface area (Å²) in [4.78, 5) is 75.0. The predicted octanol–water partition coefficient (Wildman–Crippen LogP) is 4.63. The van der Waals surface area contributed by atoms with Crippen molar-refractivity contribution in [3.63, 3.8) is 0 Å². The molecule has 2 heterocycles. The van der Waals surface area contributed by atoms with Crippen LogP contribution in [-0.4, -0.2) is 94.6 Å². The Hall–Kier alpha value is -4.18. The number of aliphatic carboxylic acids is 1. The fourth-order valence-corrected chi connectivity index (χ4v) is 7.69. The second-order valence-electron chi connectivity index (χ2n) is 13.0. The normalized spacial score (nSPS) is 15.2. The van der Waals surface area contributed by atoms with E-state index >= 15 is 0 Å². The molecule has 13 nitrogen and oxygen atoms in total. The number of ether oxygens (including phenoxy) is 1. The SMILES string of the molecule is CN(C)CCCC[C@H](NC(=O)CCC(=O)OCc1ccccc1)C(=O)C[C@@H](CCCCN)C(=O)Nc1ccc2nc(C3=N[C@@H](C(=O)O)CS3)sc2c1. The molecule has 3 atom stereocenters. The second-order valence-corrected chi connectivity index (χ2v) is 15.0. The van der Waals surface area contributed by atoms with Crippen molar-refractivity contribution in [3.05, 3.63) is 59.1 Å². The molecule has 0 aliphatic carbocycles. The van der Waals surface area contributed by atoms with Crippen molar-refractivity contribution < 1.29 is 33.8 Å². The molecule has 5 N–H and O–H groups in total. The third-order valence-electron chi connectivity index (χ3n) is 8.47. The number of rotatable bonds is 22. The van der Waals surface area contributed by atoms with E-state index in [-0.39, 0.29) is 37.6 Å². The van der Waals surface area contributed by atoms with Crippen LogP contribution >= 0.6 is 23.1 Å². The highest BCUT2D eigenvalue weighted by atomic mass is 32.2. The van der Waals surface area contributed by atoms with Crippen LogP contribution < -0.4 is 16.4 Å². The van der Waals surface area contributed by atoms with Crippen LogP contribution in [0.3, 0.4) is 0 Å². The number of hydrogen-bond acceptors (Lipinski definition) is 12. The number of nitrogens with two attached hydrogens (primary N) is 1. The maximum Gasteiger partial charge on any atom is 0.329 e. The van der Waals surface area contributed by atoms with Gasteiger partial charge in [0.1, 0.15) is 16.7 Å². The summed E-state index contributed by atoms with van der Waals surface area (Å²) in [6.07, 6.45) is 3.42. The van der Waals surface area contributed by atoms with E-state index in [1.54, 1.807) is 18.2 Å². The number of carboxylic acid groups (broad SMARTS) is 1. The summed E-state index contributed by atoms with van der Waals surface area (Å²) in [6, 6.07) is 13.0. The van der Waals surface area contributed by atoms with Crippen LogP contribution in [0, 0.1) is 5.92 Å². The fraction of sp³-hybridized carbons (Fsp3) is 0.486. The van der Waals surface area contributed by atoms with E-state index in [1.807, 2.05) is 44.4 Å². The van der Waals surface area contributed by atoms with Gasteiger partial charge in [-0.2, -0.15) is 0 Å². The van der Waals surface area contributed by atoms with Crippen molar-refractivity contribution in [1.29, 1.82) is 0 Å². The molecule has 280 valence electrons. The van der Waals surface area contributed by atoms with E-state index in [2.05, 4.69) is 25.5 Å². The molecule has 1 aromatic heterocycles. The number of benzene rings is 2. The minimum Gasteiger partial charge on any atom is -0.480 e. The zero-order chi connectivity index (χ0) is 37.5. The van der Waals surface area contributed by atoms with Crippen LogP contribution in [0.1, 0.15) is 68.4 Å². The molecule has 1 aliphatic heterocycles. The number of esters is 1. The molecule has 0 saturated carbocycles. The van der Waals surface area contributed by atoms with Gasteiger partial charge >= 0.3 is 11.9 Å². The van der Waals surface area contributed by atoms with Crippen LogP contribution in [0.2, 0.25) is 0 Å². The first-order valence-corrected chi connectivity index (χ1v) is 19.3. The number of thioether (sulfide) groups is 1. The number of carbonyl (C=O) groups excluding carboxylic acids is 4. The highest BCUT2D eigenvalue weighted by molar-refractivity contribution is 8.15. The average Bonchev–Trinajstić information content (AvgIpc) is 3.79. The van der Waals surface area contributed by atoms with E-state index in [0.29, 0.717) is 65.7 Å². The number of nitrogens with one attached hydrogen (secondary N) is 2. The number of carboxylic acids is 1. The lowest BCUT2D eigenvalue weighted by Gasteiger charge is -2.22. The Balaban J connectivity index is 1.39. The first-order chi connectivity index (χ1) is 25.0. The van der Waals surface area contributed by atoms with Gasteiger partial charge in [0.05, 0.1) is 22.7 Å². The summed E-state index contributed by atoms with van der Waals surface area (Å²) >= 11 is 2.72. The third kappa shape index (κ3) is 13.1. The lowest BCUT2D eigenvalue weighted by molar-refractivity contribution is -0.146. The molecule has 2 amide bonds. The number of Topliss-reactive ketones (excluding diaryl/α,β-unsaturated/α-hetero) is 1. The third-order valence-corrected chi connectivity index (χ3v) is 10.7. The molecule has 0 radical (unpaired) electrons. The lowest BCUT2D eigenvalue weighted by atomic mass is 9.91. The van der Waals surface area contributed by atoms with Crippen molar-refractivity contribution in [3.8, 4) is 0 Å². The van der Waals surface area contributed by atoms with Gasteiger partial charge in [-0.3, -0.25) is 24.2 Å². The van der Waals surface area contributed by atoms with Crippen LogP contribution in [0.15, 0.2) is 53.5 Å². The largest absolute Gasteiger partial charge is 0.480 e. The number of ketones is 1. The monoisotopic (exact) mass is 752 g/mol. The highest BCUT2D eigenvalue weighted by Crippen LogP contribution is 2.31. The van der Waals surface area contributed by atoms with Crippen LogP contribution in [0.4, 0.5) is 5.69 Å². The minimum atomic E-state index is -0.970. The first kappa shape index (κ1) is 40.6. The van der Waals surface area contributed by atoms with Crippen LogP contribution in [-0.2, 0) is 35.3 Å². The molecule has 3 aromatic rings. The Morgan fingerprint density at radius 1 is 1.02 bits per heavy atom. The zero-order valence-corrected chi connectivity index (χ0v) is 31.3. The number of unbranched alkanes of at least 4 members (excludes halogenated alkanes) is 2. The number of fused-ring (bicyclic) bond motifs is 1. The van der Waals surface area contributed by atoms with Crippen molar-refractivity contribution in [1.82, 2.24) is 15.2 Å². The maximum absolute atomic E-state index is 13.8. The summed E-state index contributed by atoms with van der Waals surface area (Å²) in [5.74, 6) is -2.75. The van der Waals surface area contributed by atoms with Gasteiger partial charge in [0.15, 0.2) is 11.8 Å². The van der Waals surface area contributed by atoms with Crippen LogP contribution in [0.25, 0.3) is 10.2 Å². The molecule has 0 bridgehead atoms. The van der Waals surface area contributed by atoms with E-state index in [0.717, 1.165) is 23.2 Å². The van der Waals surface area contributed by atoms with E-state index < -0.39 is 35.8 Å². The predicted molar refractivity (Wildman–Crippen MR) is 204 cm³/mol. The fourth-order valence-electron chi connectivity index (χ4n) is 5.58. The van der Waals surface area contributed by atoms with Gasteiger partial charge in [0, 0.05) is 30.2 Å². The maximum atomic E-state index is 13.8. The summed E-state index contributed by atoms with van der Waals surface area (Å²) in [7, 11) is 3.94. The molecule has 1 aliphatic rings. The smallest absolute Gasteiger partial charge is 0.329 e. The molecule has 4 rings (SSSR count). The number of aliphatic imine (C=N–C) groups is 1. The Morgan fingerprint density at radius 3 is 2.50 bits per heavy atom. The van der Waals surface area contributed by atoms with E-state index in [1.165, 1.54) is 23.1 Å². The number of thiazole rings is 1. The van der Waals surface area contributed by atoms with E-state index in [9.17, 15) is 29.1 Å². The Morgan fingerprint density at radius 2 is 1.79 bits per heavy atom. The minimum absolute atomic E-state index is 0.0666. The molecule has 2 aromatic carbocycles. The second kappa shape index (κ2) is 20.8. The highest BCUT2D eigenvalue weighted by Gasteiger charge is 2.29. The van der Waals surface area contributed by atoms with Crippen molar-refractivity contribution in [2.75, 3.05) is 38.3 Å².